The monoisotopic (exact) mass is 212 g/mol. The van der Waals surface area contributed by atoms with Crippen molar-refractivity contribution in [3.63, 3.8) is 0 Å². The molecular weight excluding hydrogens is 192 g/mol. The number of hydrogen-bond donors (Lipinski definition) is 0. The van der Waals surface area contributed by atoms with Crippen LogP contribution >= 0.6 is 0 Å². The van der Waals surface area contributed by atoms with Crippen molar-refractivity contribution < 1.29 is 0 Å². The third-order valence-electron chi connectivity index (χ3n) is 3.45. The summed E-state index contributed by atoms with van der Waals surface area (Å²) in [7, 11) is 0. The molecule has 0 heteroatoms. The molecule has 0 amide bonds. The molecule has 2 aromatic carbocycles. The maximum absolute atomic E-state index is 2.35. The molecule has 84 valence electrons. The zero-order chi connectivity index (χ0) is 11.5. The van der Waals surface area contributed by atoms with Crippen LogP contribution in [0.25, 0.3) is 10.8 Å². The first-order valence-corrected chi connectivity index (χ1v) is 6.21. The van der Waals surface area contributed by atoms with Crippen molar-refractivity contribution in [2.75, 3.05) is 0 Å². The molecule has 0 nitrogen and oxygen atoms in total. The summed E-state index contributed by atoms with van der Waals surface area (Å²) >= 11 is 0. The summed E-state index contributed by atoms with van der Waals surface area (Å²) in [5, 5.41) is 2.70. The van der Waals surface area contributed by atoms with Gasteiger partial charge in [-0.15, -0.1) is 0 Å². The van der Waals surface area contributed by atoms with Gasteiger partial charge in [0.2, 0.25) is 0 Å². The first-order valence-electron chi connectivity index (χ1n) is 6.21. The van der Waals surface area contributed by atoms with E-state index < -0.39 is 0 Å². The van der Waals surface area contributed by atoms with Gasteiger partial charge in [-0.1, -0.05) is 63.2 Å². The molecule has 0 bridgehead atoms. The van der Waals surface area contributed by atoms with Crippen molar-refractivity contribution in [2.24, 2.45) is 5.92 Å². The molecule has 0 aromatic heterocycles. The minimum Gasteiger partial charge on any atom is -0.0648 e. The Labute approximate surface area is 98.3 Å². The molecule has 0 aliphatic rings. The minimum absolute atomic E-state index is 0.685. The van der Waals surface area contributed by atoms with Gasteiger partial charge in [-0.25, -0.2) is 0 Å². The largest absolute Gasteiger partial charge is 0.0648 e. The van der Waals surface area contributed by atoms with Crippen molar-refractivity contribution in [1.29, 1.82) is 0 Å². The molecule has 0 radical (unpaired) electrons. The predicted octanol–water partition coefficient (Wildman–Crippen LogP) is 4.99. The van der Waals surface area contributed by atoms with Crippen molar-refractivity contribution in [3.8, 4) is 0 Å². The first-order chi connectivity index (χ1) is 7.72. The van der Waals surface area contributed by atoms with Crippen LogP contribution in [0.2, 0.25) is 0 Å². The second-order valence-electron chi connectivity index (χ2n) is 4.87. The van der Waals surface area contributed by atoms with E-state index in [0.29, 0.717) is 11.8 Å². The summed E-state index contributed by atoms with van der Waals surface area (Å²) < 4.78 is 0. The van der Waals surface area contributed by atoms with E-state index in [9.17, 15) is 0 Å². The van der Waals surface area contributed by atoms with Crippen LogP contribution in [0.3, 0.4) is 0 Å². The van der Waals surface area contributed by atoms with Crippen LogP contribution in [0.1, 0.15) is 38.7 Å². The van der Waals surface area contributed by atoms with E-state index in [1.807, 2.05) is 0 Å². The normalized spacial score (nSPS) is 13.2. The third kappa shape index (κ3) is 2.11. The fourth-order valence-electron chi connectivity index (χ4n) is 2.53. The standard InChI is InChI=1S/C16H20/c1-4-16(12(2)3)15-10-9-13-7-5-6-8-14(13)11-15/h5-12,16H,4H2,1-3H3. The van der Waals surface area contributed by atoms with Crippen LogP contribution < -0.4 is 0 Å². The number of benzene rings is 2. The van der Waals surface area contributed by atoms with Gasteiger partial charge in [-0.3, -0.25) is 0 Å². The lowest BCUT2D eigenvalue weighted by atomic mass is 9.85. The van der Waals surface area contributed by atoms with Gasteiger partial charge in [0, 0.05) is 0 Å². The van der Waals surface area contributed by atoms with E-state index in [1.165, 1.54) is 22.8 Å². The topological polar surface area (TPSA) is 0 Å². The molecule has 2 aromatic rings. The van der Waals surface area contributed by atoms with Crippen LogP contribution in [0.4, 0.5) is 0 Å². The summed E-state index contributed by atoms with van der Waals surface area (Å²) in [4.78, 5) is 0. The highest BCUT2D eigenvalue weighted by Gasteiger charge is 2.13. The Bertz CT molecular complexity index is 468. The van der Waals surface area contributed by atoms with Gasteiger partial charge in [-0.2, -0.15) is 0 Å². The summed E-state index contributed by atoms with van der Waals surface area (Å²) in [5.74, 6) is 1.40. The summed E-state index contributed by atoms with van der Waals surface area (Å²) in [6.07, 6.45) is 1.22. The summed E-state index contributed by atoms with van der Waals surface area (Å²) in [5.41, 5.74) is 1.48. The zero-order valence-corrected chi connectivity index (χ0v) is 10.4. The molecule has 0 saturated carbocycles. The molecule has 0 heterocycles. The van der Waals surface area contributed by atoms with Crippen molar-refractivity contribution >= 4 is 10.8 Å². The number of fused-ring (bicyclic) bond motifs is 1. The highest BCUT2D eigenvalue weighted by molar-refractivity contribution is 5.83. The Morgan fingerprint density at radius 3 is 2.25 bits per heavy atom. The van der Waals surface area contributed by atoms with Crippen LogP contribution in [-0.4, -0.2) is 0 Å². The Hall–Kier alpha value is -1.30. The molecule has 16 heavy (non-hydrogen) atoms. The third-order valence-corrected chi connectivity index (χ3v) is 3.45. The molecule has 0 N–H and O–H groups in total. The van der Waals surface area contributed by atoms with Gasteiger partial charge < -0.3 is 0 Å². The summed E-state index contributed by atoms with van der Waals surface area (Å²) in [6.45, 7) is 6.90. The lowest BCUT2D eigenvalue weighted by Crippen LogP contribution is -2.05. The Kier molecular flexibility index (Phi) is 3.28. The van der Waals surface area contributed by atoms with E-state index in [4.69, 9.17) is 0 Å². The van der Waals surface area contributed by atoms with Gasteiger partial charge in [-0.05, 0) is 34.6 Å². The average Bonchev–Trinajstić information content (AvgIpc) is 2.29. The van der Waals surface area contributed by atoms with E-state index >= 15 is 0 Å². The first kappa shape index (κ1) is 11.2. The van der Waals surface area contributed by atoms with Gasteiger partial charge in [0.1, 0.15) is 0 Å². The van der Waals surface area contributed by atoms with Crippen LogP contribution in [0.5, 0.6) is 0 Å². The molecule has 0 fully saturated rings. The van der Waals surface area contributed by atoms with E-state index in [2.05, 4.69) is 63.2 Å². The highest BCUT2D eigenvalue weighted by Crippen LogP contribution is 2.29. The molecule has 0 aliphatic heterocycles. The van der Waals surface area contributed by atoms with Crippen molar-refractivity contribution in [2.45, 2.75) is 33.1 Å². The Morgan fingerprint density at radius 1 is 0.938 bits per heavy atom. The fraction of sp³-hybridized carbons (Fsp3) is 0.375. The molecule has 1 atom stereocenters. The lowest BCUT2D eigenvalue weighted by molar-refractivity contribution is 0.485. The smallest absolute Gasteiger partial charge is 0.0141 e. The SMILES string of the molecule is CCC(c1ccc2ccccc2c1)C(C)C. The van der Waals surface area contributed by atoms with E-state index in [0.717, 1.165) is 0 Å². The molecule has 0 aliphatic carbocycles. The van der Waals surface area contributed by atoms with E-state index in [-0.39, 0.29) is 0 Å². The van der Waals surface area contributed by atoms with Crippen LogP contribution in [-0.2, 0) is 0 Å². The molecule has 0 saturated heterocycles. The maximum atomic E-state index is 2.35. The van der Waals surface area contributed by atoms with Crippen LogP contribution in [0, 0.1) is 5.92 Å². The van der Waals surface area contributed by atoms with Gasteiger partial charge in [0.05, 0.1) is 0 Å². The predicted molar refractivity (Wildman–Crippen MR) is 71.8 cm³/mol. The highest BCUT2D eigenvalue weighted by atomic mass is 14.2. The van der Waals surface area contributed by atoms with Gasteiger partial charge >= 0.3 is 0 Å². The molecule has 0 spiro atoms. The second kappa shape index (κ2) is 4.69. The van der Waals surface area contributed by atoms with Gasteiger partial charge in [0.15, 0.2) is 0 Å². The quantitative estimate of drug-likeness (QED) is 0.672. The molecular formula is C16H20. The van der Waals surface area contributed by atoms with Crippen LogP contribution in [0.15, 0.2) is 42.5 Å². The maximum Gasteiger partial charge on any atom is -0.0141 e. The number of rotatable bonds is 3. The lowest BCUT2D eigenvalue weighted by Gasteiger charge is -2.19. The summed E-state index contributed by atoms with van der Waals surface area (Å²) in [6, 6.07) is 15.5. The fourth-order valence-corrected chi connectivity index (χ4v) is 2.53. The van der Waals surface area contributed by atoms with Crippen molar-refractivity contribution in [3.05, 3.63) is 48.0 Å². The Morgan fingerprint density at radius 2 is 1.62 bits per heavy atom. The average molecular weight is 212 g/mol. The van der Waals surface area contributed by atoms with Gasteiger partial charge in [0.25, 0.3) is 0 Å². The van der Waals surface area contributed by atoms with E-state index in [1.54, 1.807) is 0 Å². The number of hydrogen-bond acceptors (Lipinski definition) is 0. The second-order valence-corrected chi connectivity index (χ2v) is 4.87. The Balaban J connectivity index is 2.45. The molecule has 1 unspecified atom stereocenters. The molecule has 2 rings (SSSR count). The van der Waals surface area contributed by atoms with Crippen molar-refractivity contribution in [1.82, 2.24) is 0 Å². The zero-order valence-electron chi connectivity index (χ0n) is 10.4. The minimum atomic E-state index is 0.685.